The highest BCUT2D eigenvalue weighted by Crippen LogP contribution is 2.47. The number of imide groups is 1. The van der Waals surface area contributed by atoms with Gasteiger partial charge in [0.25, 0.3) is 11.8 Å². The first-order chi connectivity index (χ1) is 22.7. The van der Waals surface area contributed by atoms with Gasteiger partial charge >= 0.3 is 0 Å². The van der Waals surface area contributed by atoms with Crippen molar-refractivity contribution in [2.24, 2.45) is 0 Å². The first kappa shape index (κ1) is 30.4. The number of hydrogen-bond acceptors (Lipinski definition) is 10. The van der Waals surface area contributed by atoms with E-state index < -0.39 is 48.9 Å². The van der Waals surface area contributed by atoms with Gasteiger partial charge in [0, 0.05) is 47.6 Å². The lowest BCUT2D eigenvalue weighted by atomic mass is 9.96. The molecule has 0 saturated carbocycles. The number of aliphatic hydroxyl groups is 3. The Bertz CT molecular complexity index is 2060. The fourth-order valence-electron chi connectivity index (χ4n) is 7.62. The molecule has 3 aliphatic heterocycles. The number of aliphatic hydroxyl groups excluding tert-OH is 3. The summed E-state index contributed by atoms with van der Waals surface area (Å²) in [5, 5.41) is 39.2. The molecule has 0 bridgehead atoms. The quantitative estimate of drug-likeness (QED) is 0.173. The Morgan fingerprint density at radius 2 is 1.68 bits per heavy atom. The number of amides is 2. The van der Waals surface area contributed by atoms with E-state index in [2.05, 4.69) is 10.3 Å². The number of para-hydroxylation sites is 2. The summed E-state index contributed by atoms with van der Waals surface area (Å²) in [5.41, 5.74) is 3.17. The molecule has 0 aliphatic carbocycles. The van der Waals surface area contributed by atoms with Crippen LogP contribution in [0.4, 0.5) is 0 Å². The molecular weight excluding hydrogens is 608 g/mol. The molecule has 13 nitrogen and oxygen atoms in total. The summed E-state index contributed by atoms with van der Waals surface area (Å²) in [6, 6.07) is 14.8. The topological polar surface area (TPSA) is 168 Å². The first-order valence-electron chi connectivity index (χ1n) is 15.7. The van der Waals surface area contributed by atoms with Crippen LogP contribution in [0.2, 0.25) is 0 Å². The monoisotopic (exact) mass is 644 g/mol. The minimum Gasteiger partial charge on any atom is -0.391 e. The maximum absolute atomic E-state index is 13.8. The highest BCUT2D eigenvalue weighted by Gasteiger charge is 2.48. The zero-order chi connectivity index (χ0) is 32.7. The predicted octanol–water partition coefficient (Wildman–Crippen LogP) is 2.00. The van der Waals surface area contributed by atoms with Gasteiger partial charge < -0.3 is 49.1 Å². The van der Waals surface area contributed by atoms with E-state index in [1.54, 1.807) is 11.6 Å². The molecule has 246 valence electrons. The summed E-state index contributed by atoms with van der Waals surface area (Å²) in [7, 11) is 4.65. The average Bonchev–Trinajstić information content (AvgIpc) is 3.70. The highest BCUT2D eigenvalue weighted by molar-refractivity contribution is 6.39. The fraction of sp³-hybridized carbons (Fsp3) is 0.412. The number of aromatic amines is 1. The molecule has 8 atom stereocenters. The molecule has 3 aromatic carbocycles. The lowest BCUT2D eigenvalue weighted by molar-refractivity contribution is -0.275. The van der Waals surface area contributed by atoms with Gasteiger partial charge in [0.2, 0.25) is 0 Å². The second-order valence-electron chi connectivity index (χ2n) is 12.5. The van der Waals surface area contributed by atoms with E-state index in [1.165, 1.54) is 14.2 Å². The van der Waals surface area contributed by atoms with E-state index in [4.69, 9.17) is 18.9 Å². The number of likely N-dealkylation sites (N-methyl/N-ethyl adjacent to an activating group) is 1. The second kappa shape index (κ2) is 11.4. The summed E-state index contributed by atoms with van der Waals surface area (Å²) < 4.78 is 25.8. The molecular formula is C34H36N4O9. The number of carbonyl (C=O) groups excluding carboxylic acids is 2. The number of carbonyl (C=O) groups is 2. The van der Waals surface area contributed by atoms with Gasteiger partial charge in [0.1, 0.15) is 24.4 Å². The Labute approximate surface area is 268 Å². The van der Waals surface area contributed by atoms with Gasteiger partial charge in [-0.15, -0.1) is 0 Å². The van der Waals surface area contributed by atoms with E-state index in [1.807, 2.05) is 48.5 Å². The molecule has 2 aromatic heterocycles. The molecule has 13 heteroatoms. The largest absolute Gasteiger partial charge is 0.391 e. The van der Waals surface area contributed by atoms with Gasteiger partial charge in [0.15, 0.2) is 12.5 Å². The Morgan fingerprint density at radius 3 is 2.40 bits per heavy atom. The van der Waals surface area contributed by atoms with Crippen LogP contribution in [0.1, 0.15) is 33.4 Å². The molecule has 0 radical (unpaired) electrons. The van der Waals surface area contributed by atoms with Crippen molar-refractivity contribution >= 4 is 55.4 Å². The van der Waals surface area contributed by atoms with Crippen molar-refractivity contribution in [2.75, 3.05) is 34.4 Å². The lowest BCUT2D eigenvalue weighted by Gasteiger charge is -2.43. The third-order valence-corrected chi connectivity index (χ3v) is 10.0. The molecule has 0 spiro atoms. The second-order valence-corrected chi connectivity index (χ2v) is 12.5. The number of H-pyrrole nitrogens is 1. The normalized spacial score (nSPS) is 30.0. The highest BCUT2D eigenvalue weighted by atomic mass is 16.7. The standard InChI is InChI=1S/C34H36N4O9/c1-35-18-13-45-22(12-20(18)39)46-14-21-31(44-3)29(40)30(41)34(47-21)38-19-11-7-5-9-16(19)24-26-25(32(42)37(2)33(26)43)23-15-8-4-6-10-17(15)36-27(23)28(24)38/h4-11,18,20-22,29-31,34-36,39-41H,12-14H2,1-3H3/t18-,20-,21+,22-,29+,30-,31+,34+/m0/s1. The van der Waals surface area contributed by atoms with E-state index in [0.29, 0.717) is 38.3 Å². The van der Waals surface area contributed by atoms with Crippen molar-refractivity contribution in [2.45, 2.75) is 55.5 Å². The molecule has 2 fully saturated rings. The number of benzene rings is 3. The Morgan fingerprint density at radius 1 is 0.979 bits per heavy atom. The van der Waals surface area contributed by atoms with Gasteiger partial charge in [-0.25, -0.2) is 0 Å². The Balaban J connectivity index is 1.31. The molecule has 5 aromatic rings. The van der Waals surface area contributed by atoms with Crippen LogP contribution in [-0.2, 0) is 18.9 Å². The summed E-state index contributed by atoms with van der Waals surface area (Å²) >= 11 is 0. The number of hydrogen-bond donors (Lipinski definition) is 5. The van der Waals surface area contributed by atoms with E-state index in [-0.39, 0.29) is 37.1 Å². The molecule has 5 heterocycles. The van der Waals surface area contributed by atoms with Crippen molar-refractivity contribution < 1.29 is 43.9 Å². The average molecular weight is 645 g/mol. The van der Waals surface area contributed by atoms with Gasteiger partial charge in [-0.2, -0.15) is 0 Å². The van der Waals surface area contributed by atoms with E-state index in [0.717, 1.165) is 15.8 Å². The van der Waals surface area contributed by atoms with Gasteiger partial charge in [-0.3, -0.25) is 14.5 Å². The maximum Gasteiger partial charge on any atom is 0.262 e. The van der Waals surface area contributed by atoms with Crippen LogP contribution >= 0.6 is 0 Å². The van der Waals surface area contributed by atoms with Crippen molar-refractivity contribution in [3.8, 4) is 0 Å². The number of ether oxygens (including phenoxy) is 4. The SMILES string of the molecule is CN[C@H]1CO[C@@H](OC[C@H]2O[C@@H](n3c4ccccc4c4c5c(c6c7ccccc7[nH]c6c43)C(=O)N(C)C5=O)[C@@H](O)[C@@H](O)[C@@H]2OC)C[C@@H]1O. The number of nitrogens with zero attached hydrogens (tertiary/aromatic N) is 2. The summed E-state index contributed by atoms with van der Waals surface area (Å²) in [6.45, 7) is 0.195. The van der Waals surface area contributed by atoms with Crippen molar-refractivity contribution in [3.05, 3.63) is 59.7 Å². The molecule has 0 unspecified atom stereocenters. The lowest BCUT2D eigenvalue weighted by Crippen LogP contribution is -2.58. The predicted molar refractivity (Wildman–Crippen MR) is 171 cm³/mol. The minimum absolute atomic E-state index is 0.0630. The number of methoxy groups -OCH3 is 1. The van der Waals surface area contributed by atoms with Crippen LogP contribution in [0.3, 0.4) is 0 Å². The summed E-state index contributed by atoms with van der Waals surface area (Å²) in [4.78, 5) is 32.1. The van der Waals surface area contributed by atoms with Crippen LogP contribution in [0, 0.1) is 0 Å². The number of rotatable bonds is 6. The summed E-state index contributed by atoms with van der Waals surface area (Å²) in [5.74, 6) is -0.810. The van der Waals surface area contributed by atoms with Crippen LogP contribution in [0.25, 0.3) is 43.6 Å². The third kappa shape index (κ3) is 4.39. The molecule has 8 rings (SSSR count). The molecule has 2 amide bonds. The molecule has 3 aliphatic rings. The number of nitrogens with one attached hydrogen (secondary N) is 2. The van der Waals surface area contributed by atoms with Gasteiger partial charge in [0.05, 0.1) is 53.0 Å². The Kier molecular flexibility index (Phi) is 7.35. The van der Waals surface area contributed by atoms with Crippen LogP contribution in [0.5, 0.6) is 0 Å². The van der Waals surface area contributed by atoms with Crippen LogP contribution in [-0.4, -0.2) is 119 Å². The zero-order valence-corrected chi connectivity index (χ0v) is 26.0. The van der Waals surface area contributed by atoms with E-state index >= 15 is 0 Å². The molecule has 2 saturated heterocycles. The Hall–Kier alpha value is -3.92. The van der Waals surface area contributed by atoms with Crippen molar-refractivity contribution in [1.82, 2.24) is 19.8 Å². The smallest absolute Gasteiger partial charge is 0.262 e. The van der Waals surface area contributed by atoms with E-state index in [9.17, 15) is 24.9 Å². The van der Waals surface area contributed by atoms with Gasteiger partial charge in [-0.1, -0.05) is 36.4 Å². The number of fused-ring (bicyclic) bond motifs is 10. The molecule has 47 heavy (non-hydrogen) atoms. The van der Waals surface area contributed by atoms with Crippen LogP contribution in [0.15, 0.2) is 48.5 Å². The number of aromatic nitrogens is 2. The molecule has 5 N–H and O–H groups in total. The van der Waals surface area contributed by atoms with Gasteiger partial charge in [-0.05, 0) is 19.2 Å². The fourth-order valence-corrected chi connectivity index (χ4v) is 7.62. The van der Waals surface area contributed by atoms with Crippen molar-refractivity contribution in [1.29, 1.82) is 0 Å². The summed E-state index contributed by atoms with van der Waals surface area (Å²) in [6.07, 6.45) is -6.93. The zero-order valence-electron chi connectivity index (χ0n) is 26.0. The van der Waals surface area contributed by atoms with Crippen LogP contribution < -0.4 is 5.32 Å². The minimum atomic E-state index is -1.45. The first-order valence-corrected chi connectivity index (χ1v) is 15.7. The maximum atomic E-state index is 13.8. The van der Waals surface area contributed by atoms with Crippen molar-refractivity contribution in [3.63, 3.8) is 0 Å². The third-order valence-electron chi connectivity index (χ3n) is 10.0.